The van der Waals surface area contributed by atoms with Gasteiger partial charge in [0.25, 0.3) is 0 Å². The Hall–Kier alpha value is -3.61. The van der Waals surface area contributed by atoms with Crippen molar-refractivity contribution in [1.82, 2.24) is 9.97 Å². The van der Waals surface area contributed by atoms with Crippen molar-refractivity contribution in [2.24, 2.45) is 0 Å². The van der Waals surface area contributed by atoms with Crippen LogP contribution in [0.5, 0.6) is 0 Å². The summed E-state index contributed by atoms with van der Waals surface area (Å²) in [6.45, 7) is 5.13. The van der Waals surface area contributed by atoms with E-state index >= 15 is 0 Å². The first-order valence-corrected chi connectivity index (χ1v) is 10.6. The van der Waals surface area contributed by atoms with Gasteiger partial charge in [0.2, 0.25) is 5.95 Å². The topological polar surface area (TPSA) is 58.1 Å². The molecule has 4 rings (SSSR count). The highest BCUT2D eigenvalue weighted by molar-refractivity contribution is 5.91. The van der Waals surface area contributed by atoms with Crippen LogP contribution < -0.4 is 10.2 Å². The molecule has 7 heteroatoms. The minimum Gasteiger partial charge on any atom is -0.369 e. The first-order chi connectivity index (χ1) is 15.5. The molecule has 164 valence electrons. The van der Waals surface area contributed by atoms with Crippen molar-refractivity contribution in [1.29, 1.82) is 0 Å². The monoisotopic (exact) mass is 434 g/mol. The lowest BCUT2D eigenvalue weighted by Crippen LogP contribution is -2.30. The van der Waals surface area contributed by atoms with Crippen molar-refractivity contribution in [2.45, 2.75) is 25.7 Å². The number of hydrogen-bond acceptors (Lipinski definition) is 5. The molecular weight excluding hydrogens is 410 g/mol. The molecule has 0 unspecified atom stereocenters. The Bertz CT molecular complexity index is 1140. The van der Waals surface area contributed by atoms with Crippen LogP contribution >= 0.6 is 0 Å². The Balaban J connectivity index is 1.58. The molecule has 0 bridgehead atoms. The molecule has 1 fully saturated rings. The second kappa shape index (κ2) is 9.68. The average molecular weight is 434 g/mol. The Morgan fingerprint density at radius 3 is 2.69 bits per heavy atom. The fourth-order valence-corrected chi connectivity index (χ4v) is 3.85. The van der Waals surface area contributed by atoms with Gasteiger partial charge in [-0.1, -0.05) is 6.58 Å². The SMILES string of the molecule is C=CC(=O)Cc1cc(F)cc(-c2ccnc(Nc3ccc(F)c(N4CCCCC4)c3)n2)c1. The van der Waals surface area contributed by atoms with Crippen LogP contribution in [0.1, 0.15) is 24.8 Å². The highest BCUT2D eigenvalue weighted by Crippen LogP contribution is 2.28. The van der Waals surface area contributed by atoms with Crippen LogP contribution in [0.4, 0.5) is 26.1 Å². The molecule has 5 nitrogen and oxygen atoms in total. The zero-order chi connectivity index (χ0) is 22.5. The zero-order valence-electron chi connectivity index (χ0n) is 17.7. The van der Waals surface area contributed by atoms with Crippen LogP contribution in [0.2, 0.25) is 0 Å². The number of halogens is 2. The molecule has 32 heavy (non-hydrogen) atoms. The van der Waals surface area contributed by atoms with Gasteiger partial charge in [-0.15, -0.1) is 0 Å². The van der Waals surface area contributed by atoms with E-state index in [-0.39, 0.29) is 18.0 Å². The summed E-state index contributed by atoms with van der Waals surface area (Å²) in [5, 5.41) is 3.11. The number of nitrogens with zero attached hydrogens (tertiary/aromatic N) is 3. The van der Waals surface area contributed by atoms with Crippen LogP contribution in [0.3, 0.4) is 0 Å². The third kappa shape index (κ3) is 5.17. The number of carbonyl (C=O) groups excluding carboxylic acids is 1. The highest BCUT2D eigenvalue weighted by atomic mass is 19.1. The number of anilines is 3. The van der Waals surface area contributed by atoms with E-state index in [0.29, 0.717) is 34.1 Å². The van der Waals surface area contributed by atoms with Gasteiger partial charge in [-0.25, -0.2) is 18.7 Å². The van der Waals surface area contributed by atoms with Gasteiger partial charge in [0.15, 0.2) is 5.78 Å². The smallest absolute Gasteiger partial charge is 0.227 e. The van der Waals surface area contributed by atoms with E-state index in [2.05, 4.69) is 26.8 Å². The molecule has 0 atom stereocenters. The van der Waals surface area contributed by atoms with Crippen molar-refractivity contribution in [3.05, 3.63) is 78.5 Å². The molecule has 1 aliphatic rings. The van der Waals surface area contributed by atoms with Crippen molar-refractivity contribution in [3.8, 4) is 11.3 Å². The van der Waals surface area contributed by atoms with E-state index in [1.807, 2.05) is 0 Å². The normalized spacial score (nSPS) is 13.6. The summed E-state index contributed by atoms with van der Waals surface area (Å²) in [6.07, 6.45) is 6.13. The van der Waals surface area contributed by atoms with Gasteiger partial charge in [0, 0.05) is 37.0 Å². The standard InChI is InChI=1S/C25H24F2N4O/c1-2-21(32)14-17-12-18(15-19(26)13-17)23-8-9-28-25(30-23)29-20-6-7-22(27)24(16-20)31-10-4-3-5-11-31/h2,6-9,12-13,15-16H,1,3-5,10-11,14H2,(H,28,29,30). The predicted molar refractivity (Wildman–Crippen MR) is 122 cm³/mol. The Kier molecular flexibility index (Phi) is 6.54. The first-order valence-electron chi connectivity index (χ1n) is 10.6. The van der Waals surface area contributed by atoms with Gasteiger partial charge in [0.1, 0.15) is 11.6 Å². The molecule has 3 aromatic rings. The second-order valence-corrected chi connectivity index (χ2v) is 7.80. The minimum atomic E-state index is -0.452. The maximum absolute atomic E-state index is 14.4. The summed E-state index contributed by atoms with van der Waals surface area (Å²) in [7, 11) is 0. The maximum Gasteiger partial charge on any atom is 0.227 e. The number of ketones is 1. The Labute approximate surface area is 185 Å². The summed E-state index contributed by atoms with van der Waals surface area (Å²) in [4.78, 5) is 22.4. The van der Waals surface area contributed by atoms with Gasteiger partial charge < -0.3 is 10.2 Å². The van der Waals surface area contributed by atoms with Gasteiger partial charge in [-0.05, 0) is 73.4 Å². The Morgan fingerprint density at radius 1 is 1.09 bits per heavy atom. The number of allylic oxidation sites excluding steroid dienone is 1. The number of hydrogen-bond donors (Lipinski definition) is 1. The fraction of sp³-hybridized carbons (Fsp3) is 0.240. The van der Waals surface area contributed by atoms with Crippen molar-refractivity contribution in [3.63, 3.8) is 0 Å². The number of benzene rings is 2. The fourth-order valence-electron chi connectivity index (χ4n) is 3.85. The highest BCUT2D eigenvalue weighted by Gasteiger charge is 2.16. The first kappa shape index (κ1) is 21.6. The number of aromatic nitrogens is 2. The van der Waals surface area contributed by atoms with Crippen molar-refractivity contribution < 1.29 is 13.6 Å². The molecule has 0 radical (unpaired) electrons. The van der Waals surface area contributed by atoms with Gasteiger partial charge in [0.05, 0.1) is 11.4 Å². The molecular formula is C25H24F2N4O. The number of nitrogens with one attached hydrogen (secondary N) is 1. The Morgan fingerprint density at radius 2 is 1.91 bits per heavy atom. The maximum atomic E-state index is 14.4. The summed E-state index contributed by atoms with van der Waals surface area (Å²) in [5.74, 6) is -0.584. The van der Waals surface area contributed by atoms with Crippen LogP contribution in [-0.4, -0.2) is 28.8 Å². The van der Waals surface area contributed by atoms with E-state index in [4.69, 9.17) is 0 Å². The lowest BCUT2D eigenvalue weighted by molar-refractivity contribution is -0.114. The van der Waals surface area contributed by atoms with Crippen LogP contribution in [0.25, 0.3) is 11.3 Å². The molecule has 0 saturated carbocycles. The lowest BCUT2D eigenvalue weighted by Gasteiger charge is -2.29. The quantitative estimate of drug-likeness (QED) is 0.501. The molecule has 0 spiro atoms. The molecule has 1 aliphatic heterocycles. The van der Waals surface area contributed by atoms with E-state index in [1.54, 1.807) is 30.5 Å². The molecule has 1 saturated heterocycles. The van der Waals surface area contributed by atoms with E-state index in [0.717, 1.165) is 25.9 Å². The summed E-state index contributed by atoms with van der Waals surface area (Å²) < 4.78 is 28.5. The van der Waals surface area contributed by atoms with E-state index in [9.17, 15) is 13.6 Å². The van der Waals surface area contributed by atoms with Crippen LogP contribution in [-0.2, 0) is 11.2 Å². The summed E-state index contributed by atoms with van der Waals surface area (Å²) in [5.41, 5.74) is 2.82. The molecule has 2 heterocycles. The van der Waals surface area contributed by atoms with Crippen molar-refractivity contribution in [2.75, 3.05) is 23.3 Å². The van der Waals surface area contributed by atoms with Gasteiger partial charge in [-0.2, -0.15) is 0 Å². The number of carbonyl (C=O) groups is 1. The predicted octanol–water partition coefficient (Wildman–Crippen LogP) is 5.45. The van der Waals surface area contributed by atoms with E-state index < -0.39 is 5.82 Å². The van der Waals surface area contributed by atoms with Crippen LogP contribution in [0.15, 0.2) is 61.3 Å². The van der Waals surface area contributed by atoms with E-state index in [1.165, 1.54) is 30.7 Å². The van der Waals surface area contributed by atoms with Crippen LogP contribution in [0, 0.1) is 11.6 Å². The zero-order valence-corrected chi connectivity index (χ0v) is 17.7. The minimum absolute atomic E-state index is 0.0688. The molecule has 1 aromatic heterocycles. The second-order valence-electron chi connectivity index (χ2n) is 7.80. The molecule has 0 aliphatic carbocycles. The average Bonchev–Trinajstić information content (AvgIpc) is 2.80. The number of rotatable bonds is 7. The summed E-state index contributed by atoms with van der Waals surface area (Å²) >= 11 is 0. The number of piperidine rings is 1. The lowest BCUT2D eigenvalue weighted by atomic mass is 10.0. The molecule has 0 amide bonds. The third-order valence-corrected chi connectivity index (χ3v) is 5.41. The molecule has 1 N–H and O–H groups in total. The molecule has 2 aromatic carbocycles. The summed E-state index contributed by atoms with van der Waals surface area (Å²) in [6, 6.07) is 10.9. The largest absolute Gasteiger partial charge is 0.369 e. The van der Waals surface area contributed by atoms with Crippen molar-refractivity contribution >= 4 is 23.1 Å². The third-order valence-electron chi connectivity index (χ3n) is 5.41. The van der Waals surface area contributed by atoms with Gasteiger partial charge >= 0.3 is 0 Å². The van der Waals surface area contributed by atoms with Gasteiger partial charge in [-0.3, -0.25) is 4.79 Å².